The molecule has 35 heavy (non-hydrogen) atoms. The summed E-state index contributed by atoms with van der Waals surface area (Å²) >= 11 is 0. The number of aliphatic hydroxyl groups excluding tert-OH is 1. The molecule has 6 heteroatoms. The number of amides is 1. The Morgan fingerprint density at radius 3 is 2.23 bits per heavy atom. The van der Waals surface area contributed by atoms with Crippen LogP contribution in [0.1, 0.15) is 46.7 Å². The zero-order valence-electron chi connectivity index (χ0n) is 19.1. The average molecular weight is 468 g/mol. The summed E-state index contributed by atoms with van der Waals surface area (Å²) in [4.78, 5) is 39.0. The van der Waals surface area contributed by atoms with E-state index in [0.29, 0.717) is 22.4 Å². The predicted octanol–water partition coefficient (Wildman–Crippen LogP) is 4.82. The maximum atomic E-state index is 13.3. The first kappa shape index (κ1) is 22.6. The monoisotopic (exact) mass is 467 g/mol. The van der Waals surface area contributed by atoms with Gasteiger partial charge in [-0.25, -0.2) is 0 Å². The SMILES string of the molecule is O=C(O)Cc1ccc(N2C(=O)C(=O)/C(=C(\O)c3ccc4c(c3)CCCC4)C2c2ccccc2)cc1. The van der Waals surface area contributed by atoms with Gasteiger partial charge in [-0.2, -0.15) is 0 Å². The summed E-state index contributed by atoms with van der Waals surface area (Å²) in [6.45, 7) is 0. The smallest absolute Gasteiger partial charge is 0.307 e. The average Bonchev–Trinajstić information content (AvgIpc) is 3.14. The first-order valence-electron chi connectivity index (χ1n) is 11.7. The number of hydrogen-bond donors (Lipinski definition) is 2. The molecule has 0 spiro atoms. The van der Waals surface area contributed by atoms with E-state index < -0.39 is 23.7 Å². The lowest BCUT2D eigenvalue weighted by molar-refractivity contribution is -0.136. The van der Waals surface area contributed by atoms with Crippen LogP contribution in [0.3, 0.4) is 0 Å². The molecule has 0 aromatic heterocycles. The number of benzene rings is 3. The number of fused-ring (bicyclic) bond motifs is 1. The van der Waals surface area contributed by atoms with Crippen LogP contribution >= 0.6 is 0 Å². The van der Waals surface area contributed by atoms with Gasteiger partial charge in [0.1, 0.15) is 5.76 Å². The van der Waals surface area contributed by atoms with E-state index in [1.54, 1.807) is 24.3 Å². The van der Waals surface area contributed by atoms with Crippen LogP contribution in [-0.2, 0) is 33.6 Å². The van der Waals surface area contributed by atoms with Crippen molar-refractivity contribution in [2.75, 3.05) is 4.90 Å². The van der Waals surface area contributed by atoms with Crippen molar-refractivity contribution < 1.29 is 24.6 Å². The van der Waals surface area contributed by atoms with Crippen molar-refractivity contribution in [2.24, 2.45) is 0 Å². The summed E-state index contributed by atoms with van der Waals surface area (Å²) in [7, 11) is 0. The Balaban J connectivity index is 1.62. The van der Waals surface area contributed by atoms with Crippen LogP contribution < -0.4 is 4.90 Å². The summed E-state index contributed by atoms with van der Waals surface area (Å²) in [6.07, 6.45) is 4.02. The van der Waals surface area contributed by atoms with Gasteiger partial charge in [-0.1, -0.05) is 54.6 Å². The molecule has 2 aliphatic rings. The number of carboxylic acids is 1. The molecule has 0 radical (unpaired) electrons. The molecule has 3 aromatic rings. The Kier molecular flexibility index (Phi) is 5.95. The van der Waals surface area contributed by atoms with Crippen molar-refractivity contribution in [3.63, 3.8) is 0 Å². The van der Waals surface area contributed by atoms with Crippen LogP contribution in [0.15, 0.2) is 78.4 Å². The van der Waals surface area contributed by atoms with Gasteiger partial charge in [0.2, 0.25) is 0 Å². The fourth-order valence-corrected chi connectivity index (χ4v) is 5.03. The second-order valence-electron chi connectivity index (χ2n) is 9.01. The van der Waals surface area contributed by atoms with E-state index >= 15 is 0 Å². The topological polar surface area (TPSA) is 94.9 Å². The summed E-state index contributed by atoms with van der Waals surface area (Å²) < 4.78 is 0. The standard InChI is InChI=1S/C29H25NO5/c31-24(32)16-18-10-14-23(15-11-18)30-26(20-7-2-1-3-8-20)25(28(34)29(30)35)27(33)22-13-12-19-6-4-5-9-21(19)17-22/h1-3,7-8,10-15,17,26,33H,4-6,9,16H2,(H,31,32)/b27-25-. The fraction of sp³-hybridized carbons (Fsp3) is 0.207. The Morgan fingerprint density at radius 1 is 0.857 bits per heavy atom. The maximum absolute atomic E-state index is 13.3. The highest BCUT2D eigenvalue weighted by atomic mass is 16.4. The summed E-state index contributed by atoms with van der Waals surface area (Å²) in [5.41, 5.74) is 4.74. The first-order valence-corrected chi connectivity index (χ1v) is 11.7. The van der Waals surface area contributed by atoms with Gasteiger partial charge in [0.15, 0.2) is 0 Å². The molecule has 0 bridgehead atoms. The molecule has 3 aromatic carbocycles. The minimum atomic E-state index is -0.951. The number of Topliss-reactive ketones (excluding diaryl/α,β-unsaturated/α-hetero) is 1. The third-order valence-electron chi connectivity index (χ3n) is 6.75. The molecule has 2 N–H and O–H groups in total. The number of rotatable bonds is 5. The number of nitrogens with zero attached hydrogens (tertiary/aromatic N) is 1. The van der Waals surface area contributed by atoms with Gasteiger partial charge < -0.3 is 10.2 Å². The van der Waals surface area contributed by atoms with Crippen molar-refractivity contribution in [3.05, 3.63) is 106 Å². The minimum absolute atomic E-state index is 0.0478. The van der Waals surface area contributed by atoms with Gasteiger partial charge >= 0.3 is 5.97 Å². The highest BCUT2D eigenvalue weighted by Gasteiger charge is 2.46. The molecule has 1 aliphatic heterocycles. The zero-order chi connectivity index (χ0) is 24.5. The lowest BCUT2D eigenvalue weighted by Gasteiger charge is -2.25. The quantitative estimate of drug-likeness (QED) is 0.319. The van der Waals surface area contributed by atoms with E-state index in [-0.39, 0.29) is 17.8 Å². The number of aryl methyl sites for hydroxylation is 2. The number of ketones is 1. The lowest BCUT2D eigenvalue weighted by atomic mass is 9.88. The van der Waals surface area contributed by atoms with E-state index in [4.69, 9.17) is 5.11 Å². The Hall–Kier alpha value is -4.19. The molecular weight excluding hydrogens is 442 g/mol. The van der Waals surface area contributed by atoms with Crippen molar-refractivity contribution in [1.29, 1.82) is 0 Å². The van der Waals surface area contributed by atoms with Crippen LogP contribution in [0.2, 0.25) is 0 Å². The van der Waals surface area contributed by atoms with Crippen LogP contribution in [0.5, 0.6) is 0 Å². The second kappa shape index (κ2) is 9.22. The zero-order valence-corrected chi connectivity index (χ0v) is 19.1. The normalized spacial score (nSPS) is 19.0. The Labute approximate surface area is 203 Å². The third-order valence-corrected chi connectivity index (χ3v) is 6.75. The molecule has 5 rings (SSSR count). The van der Waals surface area contributed by atoms with E-state index in [1.165, 1.54) is 16.0 Å². The van der Waals surface area contributed by atoms with Crippen molar-refractivity contribution >= 4 is 29.1 Å². The van der Waals surface area contributed by atoms with Gasteiger partial charge in [0.05, 0.1) is 18.0 Å². The lowest BCUT2D eigenvalue weighted by Crippen LogP contribution is -2.29. The molecule has 1 fully saturated rings. The molecule has 1 amide bonds. The van der Waals surface area contributed by atoms with Crippen LogP contribution in [0, 0.1) is 0 Å². The molecule has 176 valence electrons. The minimum Gasteiger partial charge on any atom is -0.507 e. The van der Waals surface area contributed by atoms with Crippen LogP contribution in [-0.4, -0.2) is 27.9 Å². The number of aliphatic hydroxyl groups is 1. The highest BCUT2D eigenvalue weighted by molar-refractivity contribution is 6.51. The number of anilines is 1. The van der Waals surface area contributed by atoms with Gasteiger partial charge in [-0.05, 0) is 66.1 Å². The molecule has 1 heterocycles. The number of aliphatic carboxylic acids is 1. The van der Waals surface area contributed by atoms with Gasteiger partial charge in [0.25, 0.3) is 11.7 Å². The first-order chi connectivity index (χ1) is 16.9. The number of carbonyl (C=O) groups is 3. The number of carbonyl (C=O) groups excluding carboxylic acids is 2. The molecular formula is C29H25NO5. The molecule has 0 saturated carbocycles. The van der Waals surface area contributed by atoms with Gasteiger partial charge in [-0.3, -0.25) is 19.3 Å². The second-order valence-corrected chi connectivity index (χ2v) is 9.01. The van der Waals surface area contributed by atoms with E-state index in [0.717, 1.165) is 25.7 Å². The van der Waals surface area contributed by atoms with Gasteiger partial charge in [-0.15, -0.1) is 0 Å². The van der Waals surface area contributed by atoms with E-state index in [1.807, 2.05) is 48.5 Å². The molecule has 1 saturated heterocycles. The van der Waals surface area contributed by atoms with Crippen LogP contribution in [0.25, 0.3) is 5.76 Å². The van der Waals surface area contributed by atoms with Crippen molar-refractivity contribution in [3.8, 4) is 0 Å². The highest BCUT2D eigenvalue weighted by Crippen LogP contribution is 2.42. The van der Waals surface area contributed by atoms with Crippen molar-refractivity contribution in [2.45, 2.75) is 38.1 Å². The predicted molar refractivity (Wildman–Crippen MR) is 132 cm³/mol. The number of hydrogen-bond acceptors (Lipinski definition) is 4. The van der Waals surface area contributed by atoms with Gasteiger partial charge in [0, 0.05) is 11.3 Å². The number of carboxylic acid groups (broad SMARTS) is 1. The largest absolute Gasteiger partial charge is 0.507 e. The molecule has 6 nitrogen and oxygen atoms in total. The Bertz CT molecular complexity index is 1340. The van der Waals surface area contributed by atoms with Crippen LogP contribution in [0.4, 0.5) is 5.69 Å². The summed E-state index contributed by atoms with van der Waals surface area (Å²) in [5, 5.41) is 20.4. The fourth-order valence-electron chi connectivity index (χ4n) is 5.03. The third kappa shape index (κ3) is 4.23. The maximum Gasteiger partial charge on any atom is 0.307 e. The summed E-state index contributed by atoms with van der Waals surface area (Å²) in [6, 6.07) is 20.6. The Morgan fingerprint density at radius 2 is 1.54 bits per heavy atom. The van der Waals surface area contributed by atoms with E-state index in [2.05, 4.69) is 0 Å². The summed E-state index contributed by atoms with van der Waals surface area (Å²) in [5.74, 6) is -2.61. The molecule has 1 aliphatic carbocycles. The molecule has 1 unspecified atom stereocenters. The van der Waals surface area contributed by atoms with E-state index in [9.17, 15) is 19.5 Å². The molecule has 1 atom stereocenters. The van der Waals surface area contributed by atoms with Crippen molar-refractivity contribution in [1.82, 2.24) is 0 Å².